The number of hydrogen-bond acceptors (Lipinski definition) is 1. The van der Waals surface area contributed by atoms with Gasteiger partial charge >= 0.3 is 6.18 Å². The third-order valence-electron chi connectivity index (χ3n) is 3.91. The summed E-state index contributed by atoms with van der Waals surface area (Å²) in [7, 11) is 0. The lowest BCUT2D eigenvalue weighted by molar-refractivity contribution is -0.140. The van der Waals surface area contributed by atoms with Crippen molar-refractivity contribution in [3.8, 4) is 0 Å². The van der Waals surface area contributed by atoms with Crippen molar-refractivity contribution in [3.63, 3.8) is 0 Å². The molecule has 1 aromatic rings. The SMILES string of the molecule is CCCC1(CNC(=O)c2cccc(C(F)(F)F)c2F)CC1. The predicted octanol–water partition coefficient (Wildman–Crippen LogP) is 4.15. The maximum Gasteiger partial charge on any atom is 0.419 e. The molecule has 0 spiro atoms. The topological polar surface area (TPSA) is 29.1 Å². The summed E-state index contributed by atoms with van der Waals surface area (Å²) in [5.74, 6) is -2.30. The molecule has 1 aliphatic rings. The Kier molecular flexibility index (Phi) is 4.25. The lowest BCUT2D eigenvalue weighted by Crippen LogP contribution is -2.31. The van der Waals surface area contributed by atoms with Crippen LogP contribution in [-0.4, -0.2) is 12.5 Å². The summed E-state index contributed by atoms with van der Waals surface area (Å²) in [6.07, 6.45) is -0.884. The van der Waals surface area contributed by atoms with Crippen LogP contribution in [0.5, 0.6) is 0 Å². The van der Waals surface area contributed by atoms with Crippen LogP contribution >= 0.6 is 0 Å². The smallest absolute Gasteiger partial charge is 0.351 e. The van der Waals surface area contributed by atoms with Crippen LogP contribution < -0.4 is 5.32 Å². The fourth-order valence-electron chi connectivity index (χ4n) is 2.51. The Morgan fingerprint density at radius 2 is 2.00 bits per heavy atom. The van der Waals surface area contributed by atoms with E-state index in [0.717, 1.165) is 37.8 Å². The van der Waals surface area contributed by atoms with Crippen molar-refractivity contribution in [2.24, 2.45) is 5.41 Å². The molecule has 2 rings (SSSR count). The van der Waals surface area contributed by atoms with Gasteiger partial charge in [-0.1, -0.05) is 19.4 Å². The van der Waals surface area contributed by atoms with Crippen molar-refractivity contribution in [1.82, 2.24) is 5.32 Å². The third kappa shape index (κ3) is 3.54. The fraction of sp³-hybridized carbons (Fsp3) is 0.533. The first-order chi connectivity index (χ1) is 9.79. The van der Waals surface area contributed by atoms with Crippen molar-refractivity contribution >= 4 is 5.91 Å². The summed E-state index contributed by atoms with van der Waals surface area (Å²) >= 11 is 0. The Labute approximate surface area is 120 Å². The predicted molar refractivity (Wildman–Crippen MR) is 70.3 cm³/mol. The molecule has 0 heterocycles. The van der Waals surface area contributed by atoms with Crippen LogP contribution in [0.2, 0.25) is 0 Å². The summed E-state index contributed by atoms with van der Waals surface area (Å²) < 4.78 is 51.6. The van der Waals surface area contributed by atoms with Crippen molar-refractivity contribution < 1.29 is 22.4 Å². The number of hydrogen-bond donors (Lipinski definition) is 1. The minimum atomic E-state index is -4.81. The Bertz CT molecular complexity index is 535. The van der Waals surface area contributed by atoms with Gasteiger partial charge in [0.1, 0.15) is 5.82 Å². The van der Waals surface area contributed by atoms with Gasteiger partial charge in [0.05, 0.1) is 11.1 Å². The summed E-state index contributed by atoms with van der Waals surface area (Å²) in [4.78, 5) is 11.9. The number of amides is 1. The van der Waals surface area contributed by atoms with Gasteiger partial charge in [-0.3, -0.25) is 4.79 Å². The third-order valence-corrected chi connectivity index (χ3v) is 3.91. The van der Waals surface area contributed by atoms with E-state index < -0.39 is 29.0 Å². The zero-order valence-electron chi connectivity index (χ0n) is 11.7. The Morgan fingerprint density at radius 1 is 1.33 bits per heavy atom. The van der Waals surface area contributed by atoms with E-state index >= 15 is 0 Å². The minimum absolute atomic E-state index is 0.0581. The molecular formula is C15H17F4NO. The quantitative estimate of drug-likeness (QED) is 0.813. The number of halogens is 4. The lowest BCUT2D eigenvalue weighted by Gasteiger charge is -2.16. The van der Waals surface area contributed by atoms with Gasteiger partial charge in [0.2, 0.25) is 0 Å². The largest absolute Gasteiger partial charge is 0.419 e. The normalized spacial score (nSPS) is 16.6. The van der Waals surface area contributed by atoms with Crippen molar-refractivity contribution in [3.05, 3.63) is 35.1 Å². The van der Waals surface area contributed by atoms with Crippen LogP contribution in [0.25, 0.3) is 0 Å². The van der Waals surface area contributed by atoms with Crippen LogP contribution in [0.4, 0.5) is 17.6 Å². The maximum atomic E-state index is 13.8. The van der Waals surface area contributed by atoms with E-state index in [4.69, 9.17) is 0 Å². The van der Waals surface area contributed by atoms with E-state index in [2.05, 4.69) is 5.32 Å². The molecule has 0 atom stereocenters. The Balaban J connectivity index is 2.10. The van der Waals surface area contributed by atoms with Gasteiger partial charge < -0.3 is 5.32 Å². The van der Waals surface area contributed by atoms with Crippen LogP contribution in [0.1, 0.15) is 48.5 Å². The monoisotopic (exact) mass is 303 g/mol. The van der Waals surface area contributed by atoms with Gasteiger partial charge in [-0.15, -0.1) is 0 Å². The molecule has 1 aromatic carbocycles. The molecule has 0 aliphatic heterocycles. The van der Waals surface area contributed by atoms with Crippen LogP contribution in [-0.2, 0) is 6.18 Å². The lowest BCUT2D eigenvalue weighted by atomic mass is 10.0. The van der Waals surface area contributed by atoms with E-state index in [-0.39, 0.29) is 5.41 Å². The number of alkyl halides is 3. The second-order valence-corrected chi connectivity index (χ2v) is 5.60. The molecular weight excluding hydrogens is 286 g/mol. The molecule has 6 heteroatoms. The van der Waals surface area contributed by atoms with Gasteiger partial charge in [-0.05, 0) is 36.8 Å². The average molecular weight is 303 g/mol. The highest BCUT2D eigenvalue weighted by atomic mass is 19.4. The van der Waals surface area contributed by atoms with E-state index in [1.807, 2.05) is 6.92 Å². The van der Waals surface area contributed by atoms with Gasteiger partial charge in [0.25, 0.3) is 5.91 Å². The molecule has 0 radical (unpaired) electrons. The number of nitrogens with one attached hydrogen (secondary N) is 1. The Hall–Kier alpha value is -1.59. The second-order valence-electron chi connectivity index (χ2n) is 5.60. The molecule has 116 valence electrons. The van der Waals surface area contributed by atoms with E-state index in [9.17, 15) is 22.4 Å². The molecule has 1 amide bonds. The average Bonchev–Trinajstić information content (AvgIpc) is 3.16. The standard InChI is InChI=1S/C15H17F4NO/c1-2-6-14(7-8-14)9-20-13(21)10-4-3-5-11(12(10)16)15(17,18)19/h3-5H,2,6-9H2,1H3,(H,20,21). The van der Waals surface area contributed by atoms with Crippen molar-refractivity contribution in [2.45, 2.75) is 38.8 Å². The molecule has 2 nitrogen and oxygen atoms in total. The number of benzene rings is 1. The Morgan fingerprint density at radius 3 is 2.52 bits per heavy atom. The molecule has 0 saturated heterocycles. The van der Waals surface area contributed by atoms with Gasteiger partial charge in [-0.2, -0.15) is 13.2 Å². The minimum Gasteiger partial charge on any atom is -0.351 e. The fourth-order valence-corrected chi connectivity index (χ4v) is 2.51. The van der Waals surface area contributed by atoms with Crippen LogP contribution in [0, 0.1) is 11.2 Å². The molecule has 1 fully saturated rings. The molecule has 21 heavy (non-hydrogen) atoms. The maximum absolute atomic E-state index is 13.8. The number of carbonyl (C=O) groups excluding carboxylic acids is 1. The van der Waals surface area contributed by atoms with E-state index in [1.165, 1.54) is 0 Å². The molecule has 0 aromatic heterocycles. The van der Waals surface area contributed by atoms with Gasteiger partial charge in [0.15, 0.2) is 0 Å². The molecule has 0 bridgehead atoms. The van der Waals surface area contributed by atoms with Crippen molar-refractivity contribution in [2.75, 3.05) is 6.54 Å². The van der Waals surface area contributed by atoms with Crippen LogP contribution in [0.15, 0.2) is 18.2 Å². The highest BCUT2D eigenvalue weighted by Gasteiger charge is 2.42. The summed E-state index contributed by atoms with van der Waals surface area (Å²) in [5, 5.41) is 2.56. The molecule has 1 N–H and O–H groups in total. The zero-order chi connectivity index (χ0) is 15.7. The first kappa shape index (κ1) is 15.8. The highest BCUT2D eigenvalue weighted by molar-refractivity contribution is 5.94. The second kappa shape index (κ2) is 5.66. The first-order valence-corrected chi connectivity index (χ1v) is 6.93. The van der Waals surface area contributed by atoms with Crippen molar-refractivity contribution in [1.29, 1.82) is 0 Å². The van der Waals surface area contributed by atoms with Gasteiger partial charge in [-0.25, -0.2) is 4.39 Å². The van der Waals surface area contributed by atoms with E-state index in [0.29, 0.717) is 12.6 Å². The molecule has 1 aliphatic carbocycles. The number of carbonyl (C=O) groups is 1. The summed E-state index contributed by atoms with van der Waals surface area (Å²) in [6, 6.07) is 2.74. The van der Waals surface area contributed by atoms with Gasteiger partial charge in [0, 0.05) is 6.54 Å². The zero-order valence-corrected chi connectivity index (χ0v) is 11.7. The molecule has 0 unspecified atom stereocenters. The summed E-state index contributed by atoms with van der Waals surface area (Å²) in [6.45, 7) is 2.42. The van der Waals surface area contributed by atoms with Crippen LogP contribution in [0.3, 0.4) is 0 Å². The highest BCUT2D eigenvalue weighted by Crippen LogP contribution is 2.49. The molecule has 1 saturated carbocycles. The van der Waals surface area contributed by atoms with E-state index in [1.54, 1.807) is 0 Å². The summed E-state index contributed by atoms with van der Waals surface area (Å²) in [5.41, 5.74) is -1.91. The number of rotatable bonds is 5. The first-order valence-electron chi connectivity index (χ1n) is 6.93.